The molecule has 0 radical (unpaired) electrons. The molecule has 3 nitrogen and oxygen atoms in total. The van der Waals surface area contributed by atoms with Gasteiger partial charge in [-0.25, -0.2) is 0 Å². The van der Waals surface area contributed by atoms with E-state index in [0.29, 0.717) is 11.7 Å². The highest BCUT2D eigenvalue weighted by atomic mass is 32.2. The van der Waals surface area contributed by atoms with E-state index >= 15 is 0 Å². The maximum atomic E-state index is 12.1. The number of carbonyl (C=O) groups is 1. The van der Waals surface area contributed by atoms with E-state index in [4.69, 9.17) is 5.73 Å². The zero-order valence-electron chi connectivity index (χ0n) is 13.3. The summed E-state index contributed by atoms with van der Waals surface area (Å²) in [6, 6.07) is 5.61. The zero-order chi connectivity index (χ0) is 15.8. The number of rotatable bonds is 8. The van der Waals surface area contributed by atoms with Gasteiger partial charge in [0.15, 0.2) is 0 Å². The molecule has 21 heavy (non-hydrogen) atoms. The van der Waals surface area contributed by atoms with E-state index in [1.807, 2.05) is 30.2 Å². The molecule has 118 valence electrons. The monoisotopic (exact) mass is 326 g/mol. The second-order valence-corrected chi connectivity index (χ2v) is 7.88. The van der Waals surface area contributed by atoms with Crippen molar-refractivity contribution in [3.8, 4) is 0 Å². The fourth-order valence-electron chi connectivity index (χ4n) is 1.83. The molecule has 0 aliphatic heterocycles. The summed E-state index contributed by atoms with van der Waals surface area (Å²) in [6.45, 7) is 6.44. The van der Waals surface area contributed by atoms with Crippen LogP contribution in [-0.2, 0) is 10.5 Å². The summed E-state index contributed by atoms with van der Waals surface area (Å²) < 4.78 is 0. The van der Waals surface area contributed by atoms with Crippen LogP contribution in [0.15, 0.2) is 18.2 Å². The summed E-state index contributed by atoms with van der Waals surface area (Å²) in [5, 5.41) is 3.56. The van der Waals surface area contributed by atoms with Crippen LogP contribution >= 0.6 is 23.5 Å². The molecule has 0 bridgehead atoms. The predicted octanol–water partition coefficient (Wildman–Crippen LogP) is 3.66. The number of amides is 1. The van der Waals surface area contributed by atoms with Crippen LogP contribution in [0.3, 0.4) is 0 Å². The molecule has 0 aliphatic carbocycles. The highest BCUT2D eigenvalue weighted by molar-refractivity contribution is 7.99. The third-order valence-corrected chi connectivity index (χ3v) is 5.03. The number of hydrogen-bond acceptors (Lipinski definition) is 4. The van der Waals surface area contributed by atoms with Crippen molar-refractivity contribution in [3.63, 3.8) is 0 Å². The third-order valence-electron chi connectivity index (χ3n) is 3.25. The summed E-state index contributed by atoms with van der Waals surface area (Å²) in [5.74, 6) is 1.77. The Kier molecular flexibility index (Phi) is 8.22. The minimum Gasteiger partial charge on any atom is -0.324 e. The minimum absolute atomic E-state index is 0.0965. The van der Waals surface area contributed by atoms with Crippen molar-refractivity contribution in [2.45, 2.75) is 44.2 Å². The second kappa shape index (κ2) is 9.38. The van der Waals surface area contributed by atoms with Crippen molar-refractivity contribution in [1.29, 1.82) is 0 Å². The molecule has 1 aromatic rings. The van der Waals surface area contributed by atoms with E-state index < -0.39 is 6.04 Å². The molecule has 5 heteroatoms. The lowest BCUT2D eigenvalue weighted by atomic mass is 10.1. The van der Waals surface area contributed by atoms with Crippen LogP contribution in [0.4, 0.5) is 5.69 Å². The molecule has 0 spiro atoms. The van der Waals surface area contributed by atoms with Gasteiger partial charge < -0.3 is 11.1 Å². The average Bonchev–Trinajstić information content (AvgIpc) is 2.45. The highest BCUT2D eigenvalue weighted by Crippen LogP contribution is 2.25. The average molecular weight is 327 g/mol. The Balaban J connectivity index is 2.70. The number of nitrogens with one attached hydrogen (secondary N) is 1. The third kappa shape index (κ3) is 6.32. The Morgan fingerprint density at radius 1 is 1.38 bits per heavy atom. The largest absolute Gasteiger partial charge is 0.324 e. The van der Waals surface area contributed by atoms with Crippen LogP contribution in [0, 0.1) is 6.92 Å². The van der Waals surface area contributed by atoms with E-state index in [1.165, 1.54) is 5.56 Å². The molecule has 0 unspecified atom stereocenters. The maximum absolute atomic E-state index is 12.1. The number of thioether (sulfide) groups is 2. The van der Waals surface area contributed by atoms with Crippen LogP contribution < -0.4 is 11.1 Å². The number of carbonyl (C=O) groups excluding carboxylic acids is 1. The van der Waals surface area contributed by atoms with E-state index in [2.05, 4.69) is 32.2 Å². The Labute approximate surface area is 136 Å². The summed E-state index contributed by atoms with van der Waals surface area (Å²) in [7, 11) is 0. The fraction of sp³-hybridized carbons (Fsp3) is 0.562. The first-order chi connectivity index (χ1) is 9.95. The molecule has 0 fully saturated rings. The lowest BCUT2D eigenvalue weighted by Crippen LogP contribution is -2.36. The van der Waals surface area contributed by atoms with Gasteiger partial charge in [-0.1, -0.05) is 26.0 Å². The summed E-state index contributed by atoms with van der Waals surface area (Å²) in [4.78, 5) is 12.1. The first kappa shape index (κ1) is 18.4. The van der Waals surface area contributed by atoms with Crippen molar-refractivity contribution >= 4 is 35.1 Å². The minimum atomic E-state index is -0.439. The Hall–Kier alpha value is -0.650. The molecule has 1 amide bonds. The Bertz CT molecular complexity index is 464. The quantitative estimate of drug-likeness (QED) is 0.765. The fourth-order valence-corrected chi connectivity index (χ4v) is 3.15. The van der Waals surface area contributed by atoms with Gasteiger partial charge in [-0.05, 0) is 47.8 Å². The number of benzene rings is 1. The molecular weight excluding hydrogens is 300 g/mol. The van der Waals surface area contributed by atoms with E-state index in [1.54, 1.807) is 11.8 Å². The normalized spacial score (nSPS) is 12.5. The van der Waals surface area contributed by atoms with E-state index in [9.17, 15) is 4.79 Å². The summed E-state index contributed by atoms with van der Waals surface area (Å²) in [5.41, 5.74) is 9.19. The summed E-state index contributed by atoms with van der Waals surface area (Å²) >= 11 is 3.61. The summed E-state index contributed by atoms with van der Waals surface area (Å²) in [6.07, 6.45) is 2.72. The SMILES string of the molecule is CSCC[C@H](N)C(=O)Nc1cccc(CSC(C)C)c1C. The number of hydrogen-bond donors (Lipinski definition) is 2. The lowest BCUT2D eigenvalue weighted by molar-refractivity contribution is -0.117. The van der Waals surface area contributed by atoms with Crippen LogP contribution in [0.25, 0.3) is 0 Å². The molecule has 0 saturated carbocycles. The lowest BCUT2D eigenvalue weighted by Gasteiger charge is -2.16. The van der Waals surface area contributed by atoms with Gasteiger partial charge in [0.25, 0.3) is 0 Å². The predicted molar refractivity (Wildman–Crippen MR) is 97.2 cm³/mol. The first-order valence-electron chi connectivity index (χ1n) is 7.21. The van der Waals surface area contributed by atoms with Gasteiger partial charge in [-0.3, -0.25) is 4.79 Å². The number of anilines is 1. The van der Waals surface area contributed by atoms with Crippen molar-refractivity contribution < 1.29 is 4.79 Å². The first-order valence-corrected chi connectivity index (χ1v) is 9.65. The topological polar surface area (TPSA) is 55.1 Å². The van der Waals surface area contributed by atoms with Gasteiger partial charge in [0, 0.05) is 11.4 Å². The van der Waals surface area contributed by atoms with Crippen LogP contribution in [0.5, 0.6) is 0 Å². The van der Waals surface area contributed by atoms with Gasteiger partial charge >= 0.3 is 0 Å². The highest BCUT2D eigenvalue weighted by Gasteiger charge is 2.14. The van der Waals surface area contributed by atoms with Crippen molar-refractivity contribution in [1.82, 2.24) is 0 Å². The smallest absolute Gasteiger partial charge is 0.241 e. The van der Waals surface area contributed by atoms with Gasteiger partial charge in [-0.15, -0.1) is 0 Å². The van der Waals surface area contributed by atoms with E-state index in [0.717, 1.165) is 22.8 Å². The van der Waals surface area contributed by atoms with Gasteiger partial charge in [0.1, 0.15) is 0 Å². The molecule has 0 heterocycles. The van der Waals surface area contributed by atoms with Gasteiger partial charge in [0.05, 0.1) is 6.04 Å². The maximum Gasteiger partial charge on any atom is 0.241 e. The zero-order valence-corrected chi connectivity index (χ0v) is 14.9. The molecule has 1 rings (SSSR count). The standard InChI is InChI=1S/C16H26N2OS2/c1-11(2)21-10-13-6-5-7-15(12(13)3)18-16(19)14(17)8-9-20-4/h5-7,11,14H,8-10,17H2,1-4H3,(H,18,19)/t14-/m0/s1. The molecule has 0 aliphatic rings. The molecule has 3 N–H and O–H groups in total. The Morgan fingerprint density at radius 2 is 2.10 bits per heavy atom. The van der Waals surface area contributed by atoms with E-state index in [-0.39, 0.29) is 5.91 Å². The van der Waals surface area contributed by atoms with Gasteiger partial charge in [-0.2, -0.15) is 23.5 Å². The Morgan fingerprint density at radius 3 is 2.71 bits per heavy atom. The molecule has 1 atom stereocenters. The molecule has 0 aromatic heterocycles. The van der Waals surface area contributed by atoms with Crippen molar-refractivity contribution in [3.05, 3.63) is 29.3 Å². The van der Waals surface area contributed by atoms with Crippen LogP contribution in [-0.4, -0.2) is 29.2 Å². The number of nitrogens with two attached hydrogens (primary N) is 1. The van der Waals surface area contributed by atoms with Crippen molar-refractivity contribution in [2.75, 3.05) is 17.3 Å². The second-order valence-electron chi connectivity index (χ2n) is 5.33. The molecule has 0 saturated heterocycles. The van der Waals surface area contributed by atoms with Gasteiger partial charge in [0.2, 0.25) is 5.91 Å². The van der Waals surface area contributed by atoms with Crippen LogP contribution in [0.2, 0.25) is 0 Å². The van der Waals surface area contributed by atoms with Crippen molar-refractivity contribution in [2.24, 2.45) is 5.73 Å². The molecule has 1 aromatic carbocycles. The van der Waals surface area contributed by atoms with Crippen LogP contribution in [0.1, 0.15) is 31.4 Å². The molecular formula is C16H26N2OS2.